The summed E-state index contributed by atoms with van der Waals surface area (Å²) in [4.78, 5) is 15.1. The van der Waals surface area contributed by atoms with Gasteiger partial charge in [-0.25, -0.2) is 0 Å². The Labute approximate surface area is 171 Å². The Balaban J connectivity index is 1.44. The first kappa shape index (κ1) is 19.3. The van der Waals surface area contributed by atoms with Gasteiger partial charge in [0.2, 0.25) is 0 Å². The van der Waals surface area contributed by atoms with Gasteiger partial charge in [-0.3, -0.25) is 4.79 Å². The molecule has 3 aromatic rings. The molecule has 5 nitrogen and oxygen atoms in total. The first-order chi connectivity index (χ1) is 14.2. The molecule has 0 bridgehead atoms. The van der Waals surface area contributed by atoms with Crippen molar-refractivity contribution in [2.24, 2.45) is 0 Å². The Hall–Kier alpha value is -3.05. The Bertz CT molecular complexity index is 995. The van der Waals surface area contributed by atoms with E-state index in [4.69, 9.17) is 9.15 Å². The Morgan fingerprint density at radius 3 is 2.86 bits per heavy atom. The van der Waals surface area contributed by atoms with Gasteiger partial charge >= 0.3 is 0 Å². The number of fused-ring (bicyclic) bond motifs is 1. The first-order valence-electron chi connectivity index (χ1n) is 9.91. The first-order valence-corrected chi connectivity index (χ1v) is 9.91. The maximum atomic E-state index is 12.8. The van der Waals surface area contributed by atoms with E-state index in [9.17, 15) is 4.79 Å². The predicted octanol–water partition coefficient (Wildman–Crippen LogP) is 4.31. The largest absolute Gasteiger partial charge is 0.467 e. The third kappa shape index (κ3) is 4.20. The van der Waals surface area contributed by atoms with Crippen LogP contribution in [0.15, 0.2) is 65.3 Å². The second kappa shape index (κ2) is 8.53. The molecule has 1 unspecified atom stereocenters. The standard InChI is InChI=1S/C24H26N2O3/c1-17-12-20-8-3-4-9-22(20)26(17)15-23-21(10-11-29-23)24(27)25-14-18-6-5-7-19(13-18)16-28-2/h3-11,13,17H,12,14-16H2,1-2H3,(H,25,27). The number of carbonyl (C=O) groups is 1. The Kier molecular flexibility index (Phi) is 5.67. The van der Waals surface area contributed by atoms with Crippen molar-refractivity contribution in [3.8, 4) is 0 Å². The van der Waals surface area contributed by atoms with Crippen LogP contribution in [0.4, 0.5) is 5.69 Å². The van der Waals surface area contributed by atoms with Gasteiger partial charge in [0.05, 0.1) is 25.0 Å². The minimum Gasteiger partial charge on any atom is -0.467 e. The van der Waals surface area contributed by atoms with E-state index in [2.05, 4.69) is 41.4 Å². The number of amides is 1. The van der Waals surface area contributed by atoms with E-state index in [1.165, 1.54) is 11.3 Å². The quantitative estimate of drug-likeness (QED) is 0.653. The molecule has 0 spiro atoms. The summed E-state index contributed by atoms with van der Waals surface area (Å²) in [5, 5.41) is 3.01. The van der Waals surface area contributed by atoms with Crippen molar-refractivity contribution in [1.29, 1.82) is 0 Å². The lowest BCUT2D eigenvalue weighted by Gasteiger charge is -2.24. The molecule has 0 fully saturated rings. The highest BCUT2D eigenvalue weighted by molar-refractivity contribution is 5.95. The number of ether oxygens (including phenoxy) is 1. The lowest BCUT2D eigenvalue weighted by atomic mass is 10.1. The van der Waals surface area contributed by atoms with E-state index in [0.717, 1.165) is 17.5 Å². The molecule has 4 rings (SSSR count). The number of methoxy groups -OCH3 is 1. The van der Waals surface area contributed by atoms with Gasteiger partial charge in [0.15, 0.2) is 0 Å². The van der Waals surface area contributed by atoms with E-state index in [-0.39, 0.29) is 5.91 Å². The third-order valence-electron chi connectivity index (χ3n) is 5.41. The average molecular weight is 390 g/mol. The Morgan fingerprint density at radius 2 is 2.00 bits per heavy atom. The fourth-order valence-electron chi connectivity index (χ4n) is 3.96. The molecule has 1 aromatic heterocycles. The number of para-hydroxylation sites is 1. The zero-order valence-electron chi connectivity index (χ0n) is 16.9. The van der Waals surface area contributed by atoms with Crippen LogP contribution >= 0.6 is 0 Å². The van der Waals surface area contributed by atoms with E-state index < -0.39 is 0 Å². The average Bonchev–Trinajstić information content (AvgIpc) is 3.32. The summed E-state index contributed by atoms with van der Waals surface area (Å²) in [6, 6.07) is 18.6. The van der Waals surface area contributed by atoms with E-state index in [1.807, 2.05) is 24.3 Å². The summed E-state index contributed by atoms with van der Waals surface area (Å²) in [7, 11) is 1.68. The number of furan rings is 1. The second-order valence-electron chi connectivity index (χ2n) is 7.50. The number of rotatable bonds is 7. The summed E-state index contributed by atoms with van der Waals surface area (Å²) in [5.74, 6) is 0.574. The van der Waals surface area contributed by atoms with Crippen molar-refractivity contribution in [3.63, 3.8) is 0 Å². The van der Waals surface area contributed by atoms with Crippen molar-refractivity contribution >= 4 is 11.6 Å². The molecule has 2 aromatic carbocycles. The molecular formula is C24H26N2O3. The minimum atomic E-state index is -0.119. The van der Waals surface area contributed by atoms with Crippen molar-refractivity contribution < 1.29 is 13.9 Å². The molecule has 1 amide bonds. The molecule has 1 atom stereocenters. The van der Waals surface area contributed by atoms with Gasteiger partial charge in [0.25, 0.3) is 5.91 Å². The molecule has 0 aliphatic carbocycles. The molecule has 5 heteroatoms. The molecule has 0 radical (unpaired) electrons. The summed E-state index contributed by atoms with van der Waals surface area (Å²) in [6.45, 7) is 3.81. The van der Waals surface area contributed by atoms with Crippen LogP contribution in [0.5, 0.6) is 0 Å². The van der Waals surface area contributed by atoms with Crippen LogP contribution in [0.1, 0.15) is 39.7 Å². The summed E-state index contributed by atoms with van der Waals surface area (Å²) in [6.07, 6.45) is 2.60. The summed E-state index contributed by atoms with van der Waals surface area (Å²) < 4.78 is 10.9. The maximum Gasteiger partial charge on any atom is 0.255 e. The lowest BCUT2D eigenvalue weighted by Crippen LogP contribution is -2.30. The lowest BCUT2D eigenvalue weighted by molar-refractivity contribution is 0.0949. The molecule has 1 N–H and O–H groups in total. The van der Waals surface area contributed by atoms with Gasteiger partial charge in [-0.2, -0.15) is 0 Å². The van der Waals surface area contributed by atoms with Crippen LogP contribution < -0.4 is 10.2 Å². The van der Waals surface area contributed by atoms with Crippen LogP contribution in [-0.2, 0) is 30.9 Å². The summed E-state index contributed by atoms with van der Waals surface area (Å²) >= 11 is 0. The highest BCUT2D eigenvalue weighted by Gasteiger charge is 2.27. The van der Waals surface area contributed by atoms with Crippen LogP contribution in [0.25, 0.3) is 0 Å². The van der Waals surface area contributed by atoms with Crippen LogP contribution in [0.3, 0.4) is 0 Å². The predicted molar refractivity (Wildman–Crippen MR) is 113 cm³/mol. The normalized spacial score (nSPS) is 15.4. The Morgan fingerprint density at radius 1 is 1.17 bits per heavy atom. The fraction of sp³-hybridized carbons (Fsp3) is 0.292. The zero-order valence-corrected chi connectivity index (χ0v) is 16.9. The van der Waals surface area contributed by atoms with Gasteiger partial charge in [0, 0.05) is 25.4 Å². The summed E-state index contributed by atoms with van der Waals surface area (Å²) in [5.41, 5.74) is 5.28. The maximum absolute atomic E-state index is 12.8. The molecule has 0 saturated heterocycles. The van der Waals surface area contributed by atoms with Gasteiger partial charge in [-0.15, -0.1) is 0 Å². The van der Waals surface area contributed by atoms with Crippen LogP contribution in [0, 0.1) is 0 Å². The van der Waals surface area contributed by atoms with E-state index >= 15 is 0 Å². The number of hydrogen-bond acceptors (Lipinski definition) is 4. The highest BCUT2D eigenvalue weighted by atomic mass is 16.5. The van der Waals surface area contributed by atoms with Crippen LogP contribution in [-0.4, -0.2) is 19.1 Å². The molecule has 0 saturated carbocycles. The SMILES string of the molecule is COCc1cccc(CNC(=O)c2ccoc2CN2c3ccccc3CC2C)c1. The van der Waals surface area contributed by atoms with Crippen LogP contribution in [0.2, 0.25) is 0 Å². The topological polar surface area (TPSA) is 54.7 Å². The smallest absolute Gasteiger partial charge is 0.255 e. The number of nitrogens with one attached hydrogen (secondary N) is 1. The molecule has 29 heavy (non-hydrogen) atoms. The number of nitrogens with zero attached hydrogens (tertiary/aromatic N) is 1. The second-order valence-corrected chi connectivity index (χ2v) is 7.50. The molecule has 1 aliphatic rings. The van der Waals surface area contributed by atoms with Crippen molar-refractivity contribution in [1.82, 2.24) is 5.32 Å². The van der Waals surface area contributed by atoms with E-state index in [1.54, 1.807) is 19.4 Å². The number of carbonyl (C=O) groups excluding carboxylic acids is 1. The van der Waals surface area contributed by atoms with Crippen molar-refractivity contribution in [2.45, 2.75) is 39.1 Å². The third-order valence-corrected chi connectivity index (χ3v) is 5.41. The number of anilines is 1. The molecule has 1 aliphatic heterocycles. The fourth-order valence-corrected chi connectivity index (χ4v) is 3.96. The minimum absolute atomic E-state index is 0.119. The van der Waals surface area contributed by atoms with E-state index in [0.29, 0.717) is 37.1 Å². The number of hydrogen-bond donors (Lipinski definition) is 1. The van der Waals surface area contributed by atoms with Gasteiger partial charge in [0.1, 0.15) is 5.76 Å². The van der Waals surface area contributed by atoms with Gasteiger partial charge in [-0.1, -0.05) is 42.5 Å². The molecular weight excluding hydrogens is 364 g/mol. The monoisotopic (exact) mass is 390 g/mol. The number of benzene rings is 2. The van der Waals surface area contributed by atoms with Crippen molar-refractivity contribution in [3.05, 3.63) is 88.9 Å². The zero-order chi connectivity index (χ0) is 20.2. The highest BCUT2D eigenvalue weighted by Crippen LogP contribution is 2.33. The van der Waals surface area contributed by atoms with Gasteiger partial charge in [-0.05, 0) is 42.2 Å². The van der Waals surface area contributed by atoms with Gasteiger partial charge < -0.3 is 19.4 Å². The van der Waals surface area contributed by atoms with Crippen molar-refractivity contribution in [2.75, 3.05) is 12.0 Å². The molecule has 150 valence electrons. The molecule has 2 heterocycles.